The number of rotatable bonds is 7. The van der Waals surface area contributed by atoms with Gasteiger partial charge in [0.25, 0.3) is 0 Å². The van der Waals surface area contributed by atoms with Gasteiger partial charge < -0.3 is 15.0 Å². The molecule has 0 bridgehead atoms. The molecule has 2 N–H and O–H groups in total. The third kappa shape index (κ3) is 5.19. The lowest BCUT2D eigenvalue weighted by Gasteiger charge is -2.06. The van der Waals surface area contributed by atoms with Gasteiger partial charge in [0.1, 0.15) is 0 Å². The van der Waals surface area contributed by atoms with Crippen LogP contribution in [0.25, 0.3) is 0 Å². The molecular weight excluding hydrogens is 384 g/mol. The predicted molar refractivity (Wildman–Crippen MR) is 101 cm³/mol. The Morgan fingerprint density at radius 1 is 1.28 bits per heavy atom. The van der Waals surface area contributed by atoms with E-state index in [4.69, 9.17) is 4.74 Å². The lowest BCUT2D eigenvalue weighted by atomic mass is 10.1. The molecule has 2 aromatic rings. The number of H-pyrrole nitrogens is 1. The fraction of sp³-hybridized carbons (Fsp3) is 0.368. The molecule has 0 atom stereocenters. The lowest BCUT2D eigenvalue weighted by molar-refractivity contribution is -0.121. The summed E-state index contributed by atoms with van der Waals surface area (Å²) >= 11 is 3.42. The molecule has 6 heteroatoms. The molecule has 0 saturated heterocycles. The first-order chi connectivity index (χ1) is 11.9. The van der Waals surface area contributed by atoms with E-state index >= 15 is 0 Å². The second-order valence-corrected chi connectivity index (χ2v) is 6.77. The van der Waals surface area contributed by atoms with Crippen LogP contribution in [0.5, 0.6) is 0 Å². The Balaban J connectivity index is 1.91. The summed E-state index contributed by atoms with van der Waals surface area (Å²) in [5.41, 5.74) is 4.15. The zero-order chi connectivity index (χ0) is 18.4. The lowest BCUT2D eigenvalue weighted by Crippen LogP contribution is -2.23. The quantitative estimate of drug-likeness (QED) is 0.686. The van der Waals surface area contributed by atoms with Gasteiger partial charge in [0.15, 0.2) is 0 Å². The average molecular weight is 407 g/mol. The van der Waals surface area contributed by atoms with Crippen molar-refractivity contribution in [3.05, 3.63) is 56.8 Å². The molecule has 1 aromatic carbocycles. The Hall–Kier alpha value is -2.08. The summed E-state index contributed by atoms with van der Waals surface area (Å²) in [5, 5.41) is 2.92. The number of aromatic amines is 1. The maximum Gasteiger partial charge on any atom is 0.340 e. The number of carbonyl (C=O) groups is 2. The molecule has 0 fully saturated rings. The smallest absolute Gasteiger partial charge is 0.340 e. The summed E-state index contributed by atoms with van der Waals surface area (Å²) in [4.78, 5) is 27.3. The third-order valence-electron chi connectivity index (χ3n) is 4.00. The molecule has 0 radical (unpaired) electrons. The predicted octanol–water partition coefficient (Wildman–Crippen LogP) is 3.82. The minimum Gasteiger partial charge on any atom is -0.462 e. The van der Waals surface area contributed by atoms with Gasteiger partial charge in [-0.2, -0.15) is 0 Å². The molecule has 0 aliphatic carbocycles. The second kappa shape index (κ2) is 8.85. The van der Waals surface area contributed by atoms with Crippen LogP contribution >= 0.6 is 15.9 Å². The van der Waals surface area contributed by atoms with E-state index in [1.165, 1.54) is 0 Å². The first kappa shape index (κ1) is 19.2. The molecule has 0 unspecified atom stereocenters. The second-order valence-electron chi connectivity index (χ2n) is 5.86. The van der Waals surface area contributed by atoms with E-state index in [1.807, 2.05) is 38.1 Å². The van der Waals surface area contributed by atoms with Gasteiger partial charge in [-0.3, -0.25) is 4.79 Å². The van der Waals surface area contributed by atoms with E-state index in [9.17, 15) is 9.59 Å². The highest BCUT2D eigenvalue weighted by Gasteiger charge is 2.19. The SMILES string of the molecule is CCOC(=O)c1c(C)[nH]c(CCC(=O)NCc2cccc(Br)c2)c1C. The van der Waals surface area contributed by atoms with Crippen molar-refractivity contribution in [1.82, 2.24) is 10.3 Å². The zero-order valence-corrected chi connectivity index (χ0v) is 16.3. The Bertz CT molecular complexity index is 768. The van der Waals surface area contributed by atoms with E-state index < -0.39 is 0 Å². The van der Waals surface area contributed by atoms with Crippen LogP contribution in [0, 0.1) is 13.8 Å². The molecule has 1 amide bonds. The van der Waals surface area contributed by atoms with Crippen LogP contribution in [0.3, 0.4) is 0 Å². The van der Waals surface area contributed by atoms with Gasteiger partial charge in [-0.15, -0.1) is 0 Å². The highest BCUT2D eigenvalue weighted by Crippen LogP contribution is 2.20. The number of nitrogens with one attached hydrogen (secondary N) is 2. The van der Waals surface area contributed by atoms with Crippen molar-refractivity contribution in [3.8, 4) is 0 Å². The summed E-state index contributed by atoms with van der Waals surface area (Å²) < 4.78 is 6.07. The largest absolute Gasteiger partial charge is 0.462 e. The fourth-order valence-corrected chi connectivity index (χ4v) is 3.20. The number of hydrogen-bond acceptors (Lipinski definition) is 3. The molecule has 0 spiro atoms. The Labute approximate surface area is 156 Å². The number of benzene rings is 1. The molecule has 1 aromatic heterocycles. The van der Waals surface area contributed by atoms with Crippen LogP contribution in [-0.2, 0) is 22.5 Å². The van der Waals surface area contributed by atoms with Gasteiger partial charge in [0, 0.05) is 28.8 Å². The van der Waals surface area contributed by atoms with E-state index in [-0.39, 0.29) is 11.9 Å². The van der Waals surface area contributed by atoms with Gasteiger partial charge >= 0.3 is 5.97 Å². The van der Waals surface area contributed by atoms with E-state index in [0.717, 1.165) is 27.0 Å². The summed E-state index contributed by atoms with van der Waals surface area (Å²) in [6.45, 7) is 6.34. The van der Waals surface area contributed by atoms with Gasteiger partial charge in [0.05, 0.1) is 12.2 Å². The topological polar surface area (TPSA) is 71.2 Å². The van der Waals surface area contributed by atoms with Crippen molar-refractivity contribution in [2.75, 3.05) is 6.61 Å². The molecule has 1 heterocycles. The summed E-state index contributed by atoms with van der Waals surface area (Å²) in [7, 11) is 0. The summed E-state index contributed by atoms with van der Waals surface area (Å²) in [5.74, 6) is -0.344. The minimum absolute atomic E-state index is 0.0238. The first-order valence-corrected chi connectivity index (χ1v) is 9.08. The van der Waals surface area contributed by atoms with Crippen LogP contribution < -0.4 is 5.32 Å². The monoisotopic (exact) mass is 406 g/mol. The van der Waals surface area contributed by atoms with Gasteiger partial charge in [0.2, 0.25) is 5.91 Å². The number of esters is 1. The van der Waals surface area contributed by atoms with Crippen molar-refractivity contribution in [1.29, 1.82) is 0 Å². The number of halogens is 1. The van der Waals surface area contributed by atoms with Crippen LogP contribution in [0.1, 0.15) is 46.2 Å². The Morgan fingerprint density at radius 2 is 2.04 bits per heavy atom. The van der Waals surface area contributed by atoms with Crippen molar-refractivity contribution in [3.63, 3.8) is 0 Å². The highest BCUT2D eigenvalue weighted by atomic mass is 79.9. The minimum atomic E-state index is -0.320. The summed E-state index contributed by atoms with van der Waals surface area (Å²) in [6.07, 6.45) is 0.910. The number of hydrogen-bond donors (Lipinski definition) is 2. The fourth-order valence-electron chi connectivity index (χ4n) is 2.75. The Kier molecular flexibility index (Phi) is 6.82. The molecule has 25 heavy (non-hydrogen) atoms. The Morgan fingerprint density at radius 3 is 2.72 bits per heavy atom. The van der Waals surface area contributed by atoms with Crippen molar-refractivity contribution >= 4 is 27.8 Å². The number of ether oxygens (including phenoxy) is 1. The van der Waals surface area contributed by atoms with Crippen molar-refractivity contribution < 1.29 is 14.3 Å². The average Bonchev–Trinajstić information content (AvgIpc) is 2.85. The molecule has 0 saturated carbocycles. The van der Waals surface area contributed by atoms with Crippen LogP contribution in [-0.4, -0.2) is 23.5 Å². The van der Waals surface area contributed by atoms with Crippen LogP contribution in [0.4, 0.5) is 0 Å². The molecule has 2 rings (SSSR count). The molecular formula is C19H23BrN2O3. The van der Waals surface area contributed by atoms with E-state index in [2.05, 4.69) is 26.2 Å². The van der Waals surface area contributed by atoms with Gasteiger partial charge in [-0.05, 0) is 50.5 Å². The normalized spacial score (nSPS) is 10.6. The van der Waals surface area contributed by atoms with Crippen LogP contribution in [0.2, 0.25) is 0 Å². The molecule has 5 nitrogen and oxygen atoms in total. The number of aromatic nitrogens is 1. The summed E-state index contributed by atoms with van der Waals surface area (Å²) in [6, 6.07) is 7.83. The number of amides is 1. The maximum absolute atomic E-state index is 12.1. The van der Waals surface area contributed by atoms with E-state index in [1.54, 1.807) is 6.92 Å². The third-order valence-corrected chi connectivity index (χ3v) is 4.49. The maximum atomic E-state index is 12.1. The van der Waals surface area contributed by atoms with Gasteiger partial charge in [-0.1, -0.05) is 28.1 Å². The first-order valence-electron chi connectivity index (χ1n) is 8.28. The van der Waals surface area contributed by atoms with Crippen molar-refractivity contribution in [2.24, 2.45) is 0 Å². The molecule has 134 valence electrons. The molecule has 0 aliphatic rings. The molecule has 0 aliphatic heterocycles. The van der Waals surface area contributed by atoms with E-state index in [0.29, 0.717) is 31.6 Å². The van der Waals surface area contributed by atoms with Crippen molar-refractivity contribution in [2.45, 2.75) is 40.2 Å². The van der Waals surface area contributed by atoms with Gasteiger partial charge in [-0.25, -0.2) is 4.79 Å². The number of aryl methyl sites for hydroxylation is 2. The zero-order valence-electron chi connectivity index (χ0n) is 14.7. The highest BCUT2D eigenvalue weighted by molar-refractivity contribution is 9.10. The standard InChI is InChI=1S/C19H23BrN2O3/c1-4-25-19(24)18-12(2)16(22-13(18)3)8-9-17(23)21-11-14-6-5-7-15(20)10-14/h5-7,10,22H,4,8-9,11H2,1-3H3,(H,21,23). The van der Waals surface area contributed by atoms with Crippen LogP contribution in [0.15, 0.2) is 28.7 Å². The number of carbonyl (C=O) groups excluding carboxylic acids is 2.